The zero-order valence-corrected chi connectivity index (χ0v) is 15.9. The Kier molecular flexibility index (Phi) is 5.43. The van der Waals surface area contributed by atoms with Crippen LogP contribution in [0.25, 0.3) is 0 Å². The van der Waals surface area contributed by atoms with Gasteiger partial charge in [0.25, 0.3) is 0 Å². The molecule has 142 valence electrons. The molecule has 9 heteroatoms. The minimum Gasteiger partial charge on any atom is -0.481 e. The molecule has 9 nitrogen and oxygen atoms in total. The van der Waals surface area contributed by atoms with Crippen LogP contribution in [0.4, 0.5) is 4.79 Å². The van der Waals surface area contributed by atoms with Crippen molar-refractivity contribution in [2.75, 3.05) is 20.2 Å². The second-order valence-corrected chi connectivity index (χ2v) is 6.63. The number of urea groups is 1. The molecule has 0 atom stereocenters. The summed E-state index contributed by atoms with van der Waals surface area (Å²) in [5.74, 6) is 2.05. The van der Waals surface area contributed by atoms with E-state index in [1.54, 1.807) is 18.1 Å². The van der Waals surface area contributed by atoms with Gasteiger partial charge in [-0.05, 0) is 19.3 Å². The smallest absolute Gasteiger partial charge is 0.317 e. The van der Waals surface area contributed by atoms with Gasteiger partial charge in [0.1, 0.15) is 12.2 Å². The predicted molar refractivity (Wildman–Crippen MR) is 95.9 cm³/mol. The molecular weight excluding hydrogens is 334 g/mol. The van der Waals surface area contributed by atoms with Crippen LogP contribution >= 0.6 is 0 Å². The number of methoxy groups -OCH3 is 1. The summed E-state index contributed by atoms with van der Waals surface area (Å²) in [6, 6.07) is -0.0469. The van der Waals surface area contributed by atoms with Gasteiger partial charge in [0.2, 0.25) is 5.88 Å². The van der Waals surface area contributed by atoms with Gasteiger partial charge in [0.15, 0.2) is 0 Å². The molecule has 1 N–H and O–H groups in total. The number of aromatic nitrogens is 5. The van der Waals surface area contributed by atoms with Crippen molar-refractivity contribution >= 4 is 6.03 Å². The van der Waals surface area contributed by atoms with Gasteiger partial charge in [0.05, 0.1) is 24.9 Å². The van der Waals surface area contributed by atoms with E-state index in [0.29, 0.717) is 31.4 Å². The molecule has 1 aliphatic heterocycles. The molecule has 26 heavy (non-hydrogen) atoms. The second kappa shape index (κ2) is 7.76. The van der Waals surface area contributed by atoms with E-state index < -0.39 is 0 Å². The van der Waals surface area contributed by atoms with Gasteiger partial charge >= 0.3 is 6.03 Å². The summed E-state index contributed by atoms with van der Waals surface area (Å²) in [5, 5.41) is 15.6. The molecule has 0 bridgehead atoms. The standard InChI is InChI=1S/C17H27N7O2/c1-5-14-13(16(26-4)23(3)21-14)10-18-17(25)24-8-6-12(7-9-24)15-20-19-11-22(15)2/h11-12H,5-10H2,1-4H3,(H,18,25). The SMILES string of the molecule is CCc1nn(C)c(OC)c1CNC(=O)N1CCC(c2nncn2C)CC1. The monoisotopic (exact) mass is 361 g/mol. The Morgan fingerprint density at radius 1 is 1.35 bits per heavy atom. The van der Waals surface area contributed by atoms with Gasteiger partial charge in [-0.1, -0.05) is 6.92 Å². The molecule has 3 heterocycles. The van der Waals surface area contributed by atoms with Gasteiger partial charge in [-0.15, -0.1) is 10.2 Å². The fourth-order valence-electron chi connectivity index (χ4n) is 3.60. The summed E-state index contributed by atoms with van der Waals surface area (Å²) in [6.45, 7) is 3.90. The zero-order chi connectivity index (χ0) is 18.7. The molecular formula is C17H27N7O2. The van der Waals surface area contributed by atoms with Crippen LogP contribution in [0.3, 0.4) is 0 Å². The lowest BCUT2D eigenvalue weighted by atomic mass is 9.96. The Balaban J connectivity index is 1.56. The minimum absolute atomic E-state index is 0.0469. The van der Waals surface area contributed by atoms with Gasteiger partial charge in [-0.3, -0.25) is 0 Å². The van der Waals surface area contributed by atoms with Gasteiger partial charge < -0.3 is 19.5 Å². The fourth-order valence-corrected chi connectivity index (χ4v) is 3.60. The Hall–Kier alpha value is -2.58. The minimum atomic E-state index is -0.0469. The van der Waals surface area contributed by atoms with E-state index in [9.17, 15) is 4.79 Å². The summed E-state index contributed by atoms with van der Waals surface area (Å²) in [6.07, 6.45) is 4.32. The van der Waals surface area contributed by atoms with E-state index in [-0.39, 0.29) is 6.03 Å². The molecule has 0 aromatic carbocycles. The summed E-state index contributed by atoms with van der Waals surface area (Å²) in [7, 11) is 5.43. The molecule has 0 saturated carbocycles. The van der Waals surface area contributed by atoms with E-state index in [4.69, 9.17) is 4.74 Å². The molecule has 2 aromatic heterocycles. The molecule has 1 saturated heterocycles. The quantitative estimate of drug-likeness (QED) is 0.864. The van der Waals surface area contributed by atoms with Gasteiger partial charge in [-0.2, -0.15) is 5.10 Å². The highest BCUT2D eigenvalue weighted by molar-refractivity contribution is 5.74. The first-order chi connectivity index (χ1) is 12.5. The third kappa shape index (κ3) is 3.51. The average molecular weight is 361 g/mol. The van der Waals surface area contributed by atoms with E-state index in [2.05, 4.69) is 20.6 Å². The lowest BCUT2D eigenvalue weighted by Crippen LogP contribution is -2.44. The molecule has 0 spiro atoms. The van der Waals surface area contributed by atoms with Crippen molar-refractivity contribution in [2.45, 2.75) is 38.6 Å². The Labute approximate surface area is 153 Å². The van der Waals surface area contributed by atoms with Crippen molar-refractivity contribution in [2.24, 2.45) is 14.1 Å². The van der Waals surface area contributed by atoms with Crippen molar-refractivity contribution in [1.29, 1.82) is 0 Å². The van der Waals surface area contributed by atoms with Crippen LogP contribution < -0.4 is 10.1 Å². The van der Waals surface area contributed by atoms with Crippen LogP contribution in [0.2, 0.25) is 0 Å². The fraction of sp³-hybridized carbons (Fsp3) is 0.647. The number of aryl methyl sites for hydroxylation is 3. The van der Waals surface area contributed by atoms with Crippen LogP contribution in [0.1, 0.15) is 42.8 Å². The van der Waals surface area contributed by atoms with Crippen molar-refractivity contribution in [3.63, 3.8) is 0 Å². The first-order valence-electron chi connectivity index (χ1n) is 9.00. The number of likely N-dealkylation sites (tertiary alicyclic amines) is 1. The first kappa shape index (κ1) is 18.2. The van der Waals surface area contributed by atoms with E-state index in [1.165, 1.54) is 0 Å². The lowest BCUT2D eigenvalue weighted by molar-refractivity contribution is 0.179. The normalized spacial score (nSPS) is 15.3. The summed E-state index contributed by atoms with van der Waals surface area (Å²) in [5.41, 5.74) is 1.89. The van der Waals surface area contributed by atoms with Gasteiger partial charge in [0, 0.05) is 33.1 Å². The topological polar surface area (TPSA) is 90.1 Å². The lowest BCUT2D eigenvalue weighted by Gasteiger charge is -2.31. The number of piperidine rings is 1. The van der Waals surface area contributed by atoms with Crippen molar-refractivity contribution in [3.05, 3.63) is 23.4 Å². The number of ether oxygens (including phenoxy) is 1. The number of carbonyl (C=O) groups excluding carboxylic acids is 1. The van der Waals surface area contributed by atoms with Crippen LogP contribution in [0.15, 0.2) is 6.33 Å². The van der Waals surface area contributed by atoms with Crippen LogP contribution in [0.5, 0.6) is 5.88 Å². The number of hydrogen-bond donors (Lipinski definition) is 1. The third-order valence-corrected chi connectivity index (χ3v) is 5.01. The third-order valence-electron chi connectivity index (χ3n) is 5.01. The van der Waals surface area contributed by atoms with Crippen molar-refractivity contribution in [3.8, 4) is 5.88 Å². The Bertz CT molecular complexity index is 759. The Morgan fingerprint density at radius 3 is 2.65 bits per heavy atom. The maximum atomic E-state index is 12.6. The van der Waals surface area contributed by atoms with Crippen LogP contribution in [-0.2, 0) is 27.1 Å². The van der Waals surface area contributed by atoms with E-state index in [1.807, 2.05) is 30.5 Å². The Morgan fingerprint density at radius 2 is 2.08 bits per heavy atom. The van der Waals surface area contributed by atoms with Crippen LogP contribution in [-0.4, -0.2) is 55.7 Å². The molecule has 0 unspecified atom stereocenters. The maximum Gasteiger partial charge on any atom is 0.317 e. The number of nitrogens with one attached hydrogen (secondary N) is 1. The highest BCUT2D eigenvalue weighted by Gasteiger charge is 2.26. The molecule has 3 rings (SSSR count). The van der Waals surface area contributed by atoms with Gasteiger partial charge in [-0.25, -0.2) is 9.48 Å². The highest BCUT2D eigenvalue weighted by atomic mass is 16.5. The first-order valence-corrected chi connectivity index (χ1v) is 9.00. The van der Waals surface area contributed by atoms with E-state index in [0.717, 1.165) is 36.3 Å². The summed E-state index contributed by atoms with van der Waals surface area (Å²) in [4.78, 5) is 14.4. The van der Waals surface area contributed by atoms with Crippen molar-refractivity contribution < 1.29 is 9.53 Å². The molecule has 1 aliphatic rings. The molecule has 1 fully saturated rings. The summed E-state index contributed by atoms with van der Waals surface area (Å²) < 4.78 is 9.10. The number of hydrogen-bond acceptors (Lipinski definition) is 5. The average Bonchev–Trinajstić information content (AvgIpc) is 3.22. The predicted octanol–water partition coefficient (Wildman–Crippen LogP) is 1.21. The zero-order valence-electron chi connectivity index (χ0n) is 15.9. The maximum absolute atomic E-state index is 12.6. The van der Waals surface area contributed by atoms with E-state index >= 15 is 0 Å². The largest absolute Gasteiger partial charge is 0.481 e. The molecule has 2 aromatic rings. The molecule has 0 radical (unpaired) electrons. The number of rotatable bonds is 5. The summed E-state index contributed by atoms with van der Waals surface area (Å²) >= 11 is 0. The molecule has 0 aliphatic carbocycles. The number of nitrogens with zero attached hydrogens (tertiary/aromatic N) is 6. The second-order valence-electron chi connectivity index (χ2n) is 6.63. The highest BCUT2D eigenvalue weighted by Crippen LogP contribution is 2.26. The van der Waals surface area contributed by atoms with Crippen LogP contribution in [0, 0.1) is 0 Å². The molecule has 2 amide bonds. The van der Waals surface area contributed by atoms with Crippen molar-refractivity contribution in [1.82, 2.24) is 34.8 Å². The number of carbonyl (C=O) groups is 1. The number of amides is 2.